The molecule has 1 aromatic carbocycles. The third kappa shape index (κ3) is 4.27. The number of hydrogen-bond acceptors (Lipinski definition) is 5. The van der Waals surface area contributed by atoms with Gasteiger partial charge in [0.05, 0.1) is 18.8 Å². The number of amides is 2. The van der Waals surface area contributed by atoms with Crippen LogP contribution in [0.15, 0.2) is 24.3 Å². The molecule has 0 aromatic heterocycles. The lowest BCUT2D eigenvalue weighted by Gasteiger charge is -2.36. The van der Waals surface area contributed by atoms with Crippen molar-refractivity contribution in [2.75, 3.05) is 31.6 Å². The minimum atomic E-state index is -1.02. The number of rotatable bonds is 5. The van der Waals surface area contributed by atoms with Crippen LogP contribution in [0.2, 0.25) is 0 Å². The molecule has 0 radical (unpaired) electrons. The van der Waals surface area contributed by atoms with Gasteiger partial charge in [0.15, 0.2) is 0 Å². The predicted molar refractivity (Wildman–Crippen MR) is 81.3 cm³/mol. The zero-order valence-corrected chi connectivity index (χ0v) is 12.3. The van der Waals surface area contributed by atoms with E-state index in [4.69, 9.17) is 10.8 Å². The summed E-state index contributed by atoms with van der Waals surface area (Å²) in [4.78, 5) is 24.9. The Kier molecular flexibility index (Phi) is 5.12. The van der Waals surface area contributed by atoms with Gasteiger partial charge in [0.2, 0.25) is 11.8 Å². The van der Waals surface area contributed by atoms with Crippen LogP contribution in [0, 0.1) is 0 Å². The van der Waals surface area contributed by atoms with Crippen molar-refractivity contribution >= 4 is 17.5 Å². The van der Waals surface area contributed by atoms with E-state index in [0.717, 1.165) is 0 Å². The SMILES string of the molecule is NC(=O)c1ccc(NC(=O)CN2CCC(O)(CO)CC2)cc1. The Labute approximate surface area is 128 Å². The number of likely N-dealkylation sites (tertiary alicyclic amines) is 1. The number of nitrogens with zero attached hydrogens (tertiary/aromatic N) is 1. The van der Waals surface area contributed by atoms with Crippen molar-refractivity contribution in [1.82, 2.24) is 4.90 Å². The topological polar surface area (TPSA) is 116 Å². The summed E-state index contributed by atoms with van der Waals surface area (Å²) in [5, 5.41) is 21.8. The summed E-state index contributed by atoms with van der Waals surface area (Å²) in [6, 6.07) is 6.36. The van der Waals surface area contributed by atoms with Crippen molar-refractivity contribution < 1.29 is 19.8 Å². The standard InChI is InChI=1S/C15H21N3O4/c16-14(21)11-1-3-12(4-2-11)17-13(20)9-18-7-5-15(22,10-19)6-8-18/h1-4,19,22H,5-10H2,(H2,16,21)(H,17,20). The molecule has 0 bridgehead atoms. The molecule has 0 unspecified atom stereocenters. The monoisotopic (exact) mass is 307 g/mol. The normalized spacial score (nSPS) is 17.9. The molecule has 2 rings (SSSR count). The second-order valence-corrected chi connectivity index (χ2v) is 5.65. The number of aliphatic hydroxyl groups is 2. The average molecular weight is 307 g/mol. The van der Waals surface area contributed by atoms with E-state index in [2.05, 4.69) is 5.32 Å². The van der Waals surface area contributed by atoms with Crippen molar-refractivity contribution in [3.63, 3.8) is 0 Å². The third-order valence-corrected chi connectivity index (χ3v) is 3.90. The maximum absolute atomic E-state index is 12.0. The number of hydrogen-bond donors (Lipinski definition) is 4. The summed E-state index contributed by atoms with van der Waals surface area (Å²) in [5.41, 5.74) is 5.12. The molecule has 5 N–H and O–H groups in total. The number of anilines is 1. The lowest BCUT2D eigenvalue weighted by Crippen LogP contribution is -2.48. The Bertz CT molecular complexity index is 536. The summed E-state index contributed by atoms with van der Waals surface area (Å²) in [6.45, 7) is 1.09. The van der Waals surface area contributed by atoms with Crippen molar-refractivity contribution in [2.24, 2.45) is 5.73 Å². The van der Waals surface area contributed by atoms with Gasteiger partial charge in [0.1, 0.15) is 0 Å². The van der Waals surface area contributed by atoms with E-state index in [1.54, 1.807) is 24.3 Å². The summed E-state index contributed by atoms with van der Waals surface area (Å²) >= 11 is 0. The van der Waals surface area contributed by atoms with Crippen LogP contribution in [0.4, 0.5) is 5.69 Å². The second kappa shape index (κ2) is 6.87. The number of nitrogens with two attached hydrogens (primary N) is 1. The number of carbonyl (C=O) groups excluding carboxylic acids is 2. The number of benzene rings is 1. The van der Waals surface area contributed by atoms with Crippen LogP contribution in [-0.2, 0) is 4.79 Å². The van der Waals surface area contributed by atoms with Gasteiger partial charge in [-0.1, -0.05) is 0 Å². The summed E-state index contributed by atoms with van der Waals surface area (Å²) in [5.74, 6) is -0.677. The van der Waals surface area contributed by atoms with Gasteiger partial charge < -0.3 is 21.3 Å². The first-order valence-corrected chi connectivity index (χ1v) is 7.17. The zero-order valence-electron chi connectivity index (χ0n) is 12.3. The van der Waals surface area contributed by atoms with Gasteiger partial charge in [-0.3, -0.25) is 14.5 Å². The fourth-order valence-electron chi connectivity index (χ4n) is 2.41. The van der Waals surface area contributed by atoms with Gasteiger partial charge in [-0.05, 0) is 37.1 Å². The van der Waals surface area contributed by atoms with Crippen LogP contribution in [0.3, 0.4) is 0 Å². The van der Waals surface area contributed by atoms with E-state index in [-0.39, 0.29) is 19.1 Å². The summed E-state index contributed by atoms with van der Waals surface area (Å²) in [7, 11) is 0. The smallest absolute Gasteiger partial charge is 0.248 e. The Morgan fingerprint density at radius 1 is 1.23 bits per heavy atom. The molecule has 7 nitrogen and oxygen atoms in total. The highest BCUT2D eigenvalue weighted by molar-refractivity contribution is 5.95. The molecule has 1 fully saturated rings. The number of primary amides is 1. The molecule has 2 amide bonds. The maximum Gasteiger partial charge on any atom is 0.248 e. The van der Waals surface area contributed by atoms with E-state index in [0.29, 0.717) is 37.2 Å². The Balaban J connectivity index is 1.82. The zero-order chi connectivity index (χ0) is 16.2. The Morgan fingerprint density at radius 2 is 1.82 bits per heavy atom. The highest BCUT2D eigenvalue weighted by Crippen LogP contribution is 2.21. The lowest BCUT2D eigenvalue weighted by molar-refractivity contribution is -0.119. The molecule has 1 heterocycles. The molecule has 1 aliphatic heterocycles. The van der Waals surface area contributed by atoms with Crippen molar-refractivity contribution in [2.45, 2.75) is 18.4 Å². The first kappa shape index (κ1) is 16.4. The van der Waals surface area contributed by atoms with E-state index in [1.165, 1.54) is 0 Å². The summed E-state index contributed by atoms with van der Waals surface area (Å²) < 4.78 is 0. The van der Waals surface area contributed by atoms with Crippen LogP contribution < -0.4 is 11.1 Å². The molecule has 1 aromatic rings. The molecule has 0 atom stereocenters. The van der Waals surface area contributed by atoms with Crippen LogP contribution >= 0.6 is 0 Å². The van der Waals surface area contributed by atoms with E-state index >= 15 is 0 Å². The first-order valence-electron chi connectivity index (χ1n) is 7.17. The summed E-state index contributed by atoms with van der Waals surface area (Å²) in [6.07, 6.45) is 0.897. The van der Waals surface area contributed by atoms with Crippen molar-refractivity contribution in [3.8, 4) is 0 Å². The largest absolute Gasteiger partial charge is 0.393 e. The molecule has 1 saturated heterocycles. The van der Waals surface area contributed by atoms with Crippen LogP contribution in [0.25, 0.3) is 0 Å². The minimum Gasteiger partial charge on any atom is -0.393 e. The van der Waals surface area contributed by atoms with Crippen molar-refractivity contribution in [1.29, 1.82) is 0 Å². The van der Waals surface area contributed by atoms with E-state index in [1.807, 2.05) is 4.90 Å². The van der Waals surface area contributed by atoms with Crippen LogP contribution in [0.5, 0.6) is 0 Å². The molecule has 1 aliphatic rings. The first-order chi connectivity index (χ1) is 10.4. The molecule has 22 heavy (non-hydrogen) atoms. The Hall–Kier alpha value is -1.96. The van der Waals surface area contributed by atoms with Gasteiger partial charge in [-0.2, -0.15) is 0 Å². The highest BCUT2D eigenvalue weighted by atomic mass is 16.3. The van der Waals surface area contributed by atoms with Gasteiger partial charge in [0, 0.05) is 24.3 Å². The van der Waals surface area contributed by atoms with Gasteiger partial charge in [-0.15, -0.1) is 0 Å². The molecule has 0 saturated carbocycles. The molecular weight excluding hydrogens is 286 g/mol. The van der Waals surface area contributed by atoms with Crippen LogP contribution in [0.1, 0.15) is 23.2 Å². The molecule has 0 aliphatic carbocycles. The van der Waals surface area contributed by atoms with E-state index < -0.39 is 11.5 Å². The predicted octanol–water partition coefficient (Wildman–Crippen LogP) is -0.457. The number of carbonyl (C=O) groups is 2. The molecular formula is C15H21N3O4. The van der Waals surface area contributed by atoms with Crippen molar-refractivity contribution in [3.05, 3.63) is 29.8 Å². The quantitative estimate of drug-likeness (QED) is 0.587. The lowest BCUT2D eigenvalue weighted by atomic mass is 9.92. The average Bonchev–Trinajstić information content (AvgIpc) is 2.50. The second-order valence-electron chi connectivity index (χ2n) is 5.65. The maximum atomic E-state index is 12.0. The minimum absolute atomic E-state index is 0.165. The fraction of sp³-hybridized carbons (Fsp3) is 0.467. The van der Waals surface area contributed by atoms with Gasteiger partial charge in [0.25, 0.3) is 0 Å². The highest BCUT2D eigenvalue weighted by Gasteiger charge is 2.31. The van der Waals surface area contributed by atoms with Gasteiger partial charge in [-0.25, -0.2) is 0 Å². The fourth-order valence-corrected chi connectivity index (χ4v) is 2.41. The van der Waals surface area contributed by atoms with Crippen LogP contribution in [-0.4, -0.2) is 58.8 Å². The van der Waals surface area contributed by atoms with Gasteiger partial charge >= 0.3 is 0 Å². The number of piperidine rings is 1. The molecule has 120 valence electrons. The number of aliphatic hydroxyl groups excluding tert-OH is 1. The Morgan fingerprint density at radius 3 is 2.32 bits per heavy atom. The molecule has 0 spiro atoms. The van der Waals surface area contributed by atoms with E-state index in [9.17, 15) is 14.7 Å². The third-order valence-electron chi connectivity index (χ3n) is 3.90. The molecule has 7 heteroatoms. The number of nitrogens with one attached hydrogen (secondary N) is 1.